The van der Waals surface area contributed by atoms with Crippen LogP contribution in [0.4, 0.5) is 13.2 Å². The fraction of sp³-hybridized carbons (Fsp3) is 0.562. The molecule has 0 fully saturated rings. The van der Waals surface area contributed by atoms with Crippen molar-refractivity contribution in [1.29, 1.82) is 0 Å². The van der Waals surface area contributed by atoms with Crippen LogP contribution in [-0.4, -0.2) is 18.9 Å². The number of carboxylic acid groups (broad SMARTS) is 1. The second-order valence-electron chi connectivity index (χ2n) is 5.11. The first-order chi connectivity index (χ1) is 10.8. The van der Waals surface area contributed by atoms with E-state index in [1.165, 1.54) is 0 Å². The van der Waals surface area contributed by atoms with Crippen LogP contribution in [0.15, 0.2) is 18.2 Å². The van der Waals surface area contributed by atoms with E-state index in [9.17, 15) is 23.1 Å². The van der Waals surface area contributed by atoms with Gasteiger partial charge < -0.3 is 19.4 Å². The number of ether oxygens (including phenoxy) is 2. The quantitative estimate of drug-likeness (QED) is 0.613. The maximum Gasteiger partial charge on any atom is 0.573 e. The van der Waals surface area contributed by atoms with Crippen molar-refractivity contribution in [3.63, 3.8) is 0 Å². The molecule has 130 valence electrons. The van der Waals surface area contributed by atoms with Gasteiger partial charge in [-0.05, 0) is 18.6 Å². The number of unbranched alkanes of at least 4 members (excludes halogenated alkanes) is 5. The van der Waals surface area contributed by atoms with Gasteiger partial charge in [0.05, 0.1) is 12.6 Å². The number of benzene rings is 1. The summed E-state index contributed by atoms with van der Waals surface area (Å²) in [4.78, 5) is 11.0. The first-order valence-corrected chi connectivity index (χ1v) is 7.57. The molecule has 0 atom stereocenters. The highest BCUT2D eigenvalue weighted by molar-refractivity contribution is 5.89. The second kappa shape index (κ2) is 9.27. The summed E-state index contributed by atoms with van der Waals surface area (Å²) < 4.78 is 45.6. The molecule has 1 rings (SSSR count). The Bertz CT molecular complexity index is 501. The third-order valence-electron chi connectivity index (χ3n) is 3.16. The fourth-order valence-electron chi connectivity index (χ4n) is 2.05. The van der Waals surface area contributed by atoms with Crippen molar-refractivity contribution in [2.45, 2.75) is 51.8 Å². The summed E-state index contributed by atoms with van der Waals surface area (Å²) in [6.45, 7) is 2.34. The molecule has 1 aromatic carbocycles. The van der Waals surface area contributed by atoms with E-state index < -0.39 is 18.1 Å². The van der Waals surface area contributed by atoms with E-state index in [2.05, 4.69) is 11.7 Å². The van der Waals surface area contributed by atoms with Crippen LogP contribution in [0.5, 0.6) is 11.5 Å². The van der Waals surface area contributed by atoms with Crippen molar-refractivity contribution in [3.8, 4) is 11.5 Å². The Kier molecular flexibility index (Phi) is 7.71. The third-order valence-corrected chi connectivity index (χ3v) is 3.16. The number of hydrogen-bond acceptors (Lipinski definition) is 4. The molecule has 0 aromatic heterocycles. The molecule has 7 heteroatoms. The van der Waals surface area contributed by atoms with Gasteiger partial charge in [0, 0.05) is 11.6 Å². The lowest BCUT2D eigenvalue weighted by atomic mass is 10.1. The number of carboxylic acids is 1. The monoisotopic (exact) mass is 333 g/mol. The molecule has 0 aliphatic rings. The van der Waals surface area contributed by atoms with Gasteiger partial charge in [0.2, 0.25) is 0 Å². The molecule has 0 aliphatic heterocycles. The molecule has 1 aromatic rings. The minimum absolute atomic E-state index is 0.180. The van der Waals surface area contributed by atoms with Crippen LogP contribution in [0.1, 0.15) is 55.8 Å². The highest BCUT2D eigenvalue weighted by Crippen LogP contribution is 2.29. The van der Waals surface area contributed by atoms with Crippen LogP contribution in [0, 0.1) is 0 Å². The lowest BCUT2D eigenvalue weighted by molar-refractivity contribution is -0.274. The maximum atomic E-state index is 12.2. The van der Waals surface area contributed by atoms with Crippen LogP contribution in [-0.2, 0) is 0 Å². The van der Waals surface area contributed by atoms with Crippen molar-refractivity contribution in [3.05, 3.63) is 23.8 Å². The first-order valence-electron chi connectivity index (χ1n) is 7.57. The van der Waals surface area contributed by atoms with Gasteiger partial charge in [-0.3, -0.25) is 0 Å². The molecule has 23 heavy (non-hydrogen) atoms. The van der Waals surface area contributed by atoms with E-state index in [0.717, 1.165) is 50.3 Å². The number of alkyl halides is 3. The summed E-state index contributed by atoms with van der Waals surface area (Å²) in [6.07, 6.45) is 1.22. The van der Waals surface area contributed by atoms with Gasteiger partial charge in [0.1, 0.15) is 11.5 Å². The lowest BCUT2D eigenvalue weighted by Crippen LogP contribution is -2.23. The second-order valence-corrected chi connectivity index (χ2v) is 5.11. The maximum absolute atomic E-state index is 12.2. The first kappa shape index (κ1) is 19.1. The highest BCUT2D eigenvalue weighted by Gasteiger charge is 2.31. The largest absolute Gasteiger partial charge is 0.573 e. The summed E-state index contributed by atoms with van der Waals surface area (Å²) >= 11 is 0. The summed E-state index contributed by atoms with van der Waals surface area (Å²) in [5.41, 5.74) is -0.300. The predicted molar refractivity (Wildman–Crippen MR) is 76.3 cm³/mol. The Labute approximate surface area is 133 Å². The molecule has 0 bridgehead atoms. The zero-order chi connectivity index (χ0) is 17.3. The van der Waals surface area contributed by atoms with Crippen molar-refractivity contribution in [2.24, 2.45) is 0 Å². The Morgan fingerprint density at radius 3 is 2.39 bits per heavy atom. The standard InChI is InChI=1S/C16H21F3O4/c1-2-3-4-5-6-7-10-22-14-11-12(23-16(17,18)19)8-9-13(14)15(20)21/h8-9,11H,2-7,10H2,1H3,(H,20,21)/p-1. The van der Waals surface area contributed by atoms with Crippen molar-refractivity contribution in [1.82, 2.24) is 0 Å². The van der Waals surface area contributed by atoms with Crippen LogP contribution < -0.4 is 14.6 Å². The normalized spacial score (nSPS) is 11.3. The Hall–Kier alpha value is -1.92. The third kappa shape index (κ3) is 7.76. The van der Waals surface area contributed by atoms with E-state index in [1.807, 2.05) is 0 Å². The molecule has 0 N–H and O–H groups in total. The van der Waals surface area contributed by atoms with E-state index >= 15 is 0 Å². The van der Waals surface area contributed by atoms with E-state index in [-0.39, 0.29) is 17.9 Å². The zero-order valence-corrected chi connectivity index (χ0v) is 12.9. The summed E-state index contributed by atoms with van der Waals surface area (Å²) in [5, 5.41) is 11.0. The van der Waals surface area contributed by atoms with Gasteiger partial charge in [-0.25, -0.2) is 0 Å². The van der Waals surface area contributed by atoms with Crippen molar-refractivity contribution >= 4 is 5.97 Å². The fourth-order valence-corrected chi connectivity index (χ4v) is 2.05. The van der Waals surface area contributed by atoms with Crippen molar-refractivity contribution in [2.75, 3.05) is 6.61 Å². The number of rotatable bonds is 10. The molecule has 0 saturated heterocycles. The van der Waals surface area contributed by atoms with Gasteiger partial charge >= 0.3 is 6.36 Å². The predicted octanol–water partition coefficient (Wildman–Crippen LogP) is 3.69. The van der Waals surface area contributed by atoms with Gasteiger partial charge in [-0.15, -0.1) is 13.2 Å². The van der Waals surface area contributed by atoms with Crippen molar-refractivity contribution < 1.29 is 32.5 Å². The molecular formula is C16H20F3O4-. The van der Waals surface area contributed by atoms with Crippen LogP contribution in [0.2, 0.25) is 0 Å². The highest BCUT2D eigenvalue weighted by atomic mass is 19.4. The molecule has 0 amide bonds. The van der Waals surface area contributed by atoms with E-state index in [0.29, 0.717) is 6.42 Å². The number of hydrogen-bond donors (Lipinski definition) is 0. The molecule has 0 aliphatic carbocycles. The van der Waals surface area contributed by atoms with Gasteiger partial charge in [-0.1, -0.05) is 39.0 Å². The number of carbonyl (C=O) groups excluding carboxylic acids is 1. The van der Waals surface area contributed by atoms with Gasteiger partial charge in [0.25, 0.3) is 0 Å². The number of carbonyl (C=O) groups is 1. The number of aromatic carboxylic acids is 1. The Balaban J connectivity index is 2.59. The lowest BCUT2D eigenvalue weighted by Gasteiger charge is -2.15. The van der Waals surface area contributed by atoms with E-state index in [1.54, 1.807) is 0 Å². The van der Waals surface area contributed by atoms with Crippen LogP contribution in [0.25, 0.3) is 0 Å². The molecule has 0 spiro atoms. The smallest absolute Gasteiger partial charge is 0.545 e. The number of halogens is 3. The van der Waals surface area contributed by atoms with Crippen LogP contribution >= 0.6 is 0 Å². The van der Waals surface area contributed by atoms with E-state index in [4.69, 9.17) is 4.74 Å². The minimum atomic E-state index is -4.85. The summed E-state index contributed by atoms with van der Waals surface area (Å²) in [5.74, 6) is -2.22. The zero-order valence-electron chi connectivity index (χ0n) is 12.9. The Morgan fingerprint density at radius 2 is 1.78 bits per heavy atom. The molecule has 0 radical (unpaired) electrons. The SMILES string of the molecule is CCCCCCCCOc1cc(OC(F)(F)F)ccc1C(=O)[O-]. The molecule has 4 nitrogen and oxygen atoms in total. The van der Waals surface area contributed by atoms with Gasteiger partial charge in [-0.2, -0.15) is 0 Å². The topological polar surface area (TPSA) is 58.6 Å². The molecule has 0 heterocycles. The summed E-state index contributed by atoms with van der Waals surface area (Å²) in [6, 6.07) is 2.80. The molecular weight excluding hydrogens is 313 g/mol. The average molecular weight is 333 g/mol. The summed E-state index contributed by atoms with van der Waals surface area (Å²) in [7, 11) is 0. The Morgan fingerprint density at radius 1 is 1.13 bits per heavy atom. The molecule has 0 unspecified atom stereocenters. The molecule has 0 saturated carbocycles. The minimum Gasteiger partial charge on any atom is -0.545 e. The average Bonchev–Trinajstić information content (AvgIpc) is 2.44. The van der Waals surface area contributed by atoms with Crippen LogP contribution in [0.3, 0.4) is 0 Å². The van der Waals surface area contributed by atoms with Gasteiger partial charge in [0.15, 0.2) is 0 Å².